The lowest BCUT2D eigenvalue weighted by Gasteiger charge is -2.35. The van der Waals surface area contributed by atoms with Gasteiger partial charge in [0.15, 0.2) is 0 Å². The summed E-state index contributed by atoms with van der Waals surface area (Å²) in [6.07, 6.45) is 0. The van der Waals surface area contributed by atoms with Crippen molar-refractivity contribution in [2.75, 3.05) is 0 Å². The predicted molar refractivity (Wildman–Crippen MR) is 184 cm³/mol. The monoisotopic (exact) mass is 594 g/mol. The first-order chi connectivity index (χ1) is 20.1. The summed E-state index contributed by atoms with van der Waals surface area (Å²) in [5.41, 5.74) is 18.0. The van der Waals surface area contributed by atoms with Crippen molar-refractivity contribution in [1.29, 1.82) is 0 Å². The molecule has 3 nitrogen and oxygen atoms in total. The van der Waals surface area contributed by atoms with Gasteiger partial charge in [0.1, 0.15) is 17.2 Å². The lowest BCUT2D eigenvalue weighted by Crippen LogP contribution is -2.65. The molecule has 0 saturated heterocycles. The first kappa shape index (κ1) is 32.4. The summed E-state index contributed by atoms with van der Waals surface area (Å²) in [7, 11) is -3.77. The highest BCUT2D eigenvalue weighted by Crippen LogP contribution is 2.40. The van der Waals surface area contributed by atoms with Gasteiger partial charge >= 0.3 is 8.80 Å². The van der Waals surface area contributed by atoms with Gasteiger partial charge in [-0.15, -0.1) is 0 Å². The Hall–Kier alpha value is -3.50. The molecule has 0 amide bonds. The highest BCUT2D eigenvalue weighted by molar-refractivity contribution is 6.77. The summed E-state index contributed by atoms with van der Waals surface area (Å²) >= 11 is 0. The van der Waals surface area contributed by atoms with E-state index in [0.29, 0.717) is 0 Å². The SMILES string of the molecule is Cc1c(C)c(C)c(O[Si](Oc2c(C)c(C)c(C)c(C)c2C)(Oc2c(C)c(C)c(C)c(C)c2C)c2ccccc2)c(C)c1C. The van der Waals surface area contributed by atoms with Crippen LogP contribution in [-0.2, 0) is 0 Å². The third-order valence-corrected chi connectivity index (χ3v) is 13.1. The van der Waals surface area contributed by atoms with E-state index in [1.807, 2.05) is 6.07 Å². The fourth-order valence-electron chi connectivity index (χ4n) is 6.14. The minimum Gasteiger partial charge on any atom is -0.479 e. The molecule has 0 spiro atoms. The van der Waals surface area contributed by atoms with Crippen molar-refractivity contribution in [3.8, 4) is 17.2 Å². The van der Waals surface area contributed by atoms with Crippen molar-refractivity contribution in [2.24, 2.45) is 0 Å². The van der Waals surface area contributed by atoms with Crippen molar-refractivity contribution in [1.82, 2.24) is 0 Å². The van der Waals surface area contributed by atoms with Gasteiger partial charge in [0.2, 0.25) is 0 Å². The molecule has 0 unspecified atom stereocenters. The normalized spacial score (nSPS) is 11.6. The van der Waals surface area contributed by atoms with Crippen LogP contribution in [0.4, 0.5) is 0 Å². The van der Waals surface area contributed by atoms with Gasteiger partial charge in [-0.1, -0.05) is 30.3 Å². The second-order valence-electron chi connectivity index (χ2n) is 12.6. The summed E-state index contributed by atoms with van der Waals surface area (Å²) in [6.45, 7) is 32.6. The summed E-state index contributed by atoms with van der Waals surface area (Å²) < 4.78 is 22.2. The van der Waals surface area contributed by atoms with Crippen molar-refractivity contribution in [3.63, 3.8) is 0 Å². The number of benzene rings is 4. The van der Waals surface area contributed by atoms with Gasteiger partial charge in [-0.25, -0.2) is 0 Å². The first-order valence-corrected chi connectivity index (χ1v) is 17.1. The van der Waals surface area contributed by atoms with E-state index < -0.39 is 8.80 Å². The van der Waals surface area contributed by atoms with E-state index in [-0.39, 0.29) is 0 Å². The van der Waals surface area contributed by atoms with E-state index in [1.54, 1.807) is 0 Å². The lowest BCUT2D eigenvalue weighted by molar-refractivity contribution is 0.275. The van der Waals surface area contributed by atoms with E-state index in [4.69, 9.17) is 13.3 Å². The van der Waals surface area contributed by atoms with Crippen LogP contribution in [0.25, 0.3) is 0 Å². The molecule has 4 heteroatoms. The standard InChI is InChI=1S/C39H50O3Si/c1-21-24(4)30(10)37(31(11)25(21)5)40-43(36-19-17-16-18-20-36,41-38-32(12)26(6)22(2)27(7)33(38)13)42-39-34(14)28(8)23(3)29(9)35(39)15/h16-20H,1-15H3. The van der Waals surface area contributed by atoms with Crippen molar-refractivity contribution in [2.45, 2.75) is 104 Å². The largest absolute Gasteiger partial charge is 0.737 e. The summed E-state index contributed by atoms with van der Waals surface area (Å²) in [6, 6.07) is 10.3. The molecule has 0 aromatic heterocycles. The number of hydrogen-bond acceptors (Lipinski definition) is 3. The molecule has 0 saturated carbocycles. The molecule has 0 fully saturated rings. The molecule has 4 aromatic rings. The average molecular weight is 595 g/mol. The van der Waals surface area contributed by atoms with Gasteiger partial charge in [0, 0.05) is 0 Å². The van der Waals surface area contributed by atoms with Crippen LogP contribution in [0.2, 0.25) is 0 Å². The summed E-state index contributed by atoms with van der Waals surface area (Å²) in [4.78, 5) is 0. The van der Waals surface area contributed by atoms with Crippen LogP contribution in [-0.4, -0.2) is 8.80 Å². The maximum absolute atomic E-state index is 7.41. The Morgan fingerprint density at radius 1 is 0.302 bits per heavy atom. The third kappa shape index (κ3) is 5.39. The van der Waals surface area contributed by atoms with Gasteiger partial charge in [-0.3, -0.25) is 0 Å². The van der Waals surface area contributed by atoms with Crippen LogP contribution in [0.15, 0.2) is 30.3 Å². The van der Waals surface area contributed by atoms with Gasteiger partial charge in [0.25, 0.3) is 0 Å². The van der Waals surface area contributed by atoms with Crippen LogP contribution >= 0.6 is 0 Å². The Bertz CT molecular complexity index is 1470. The first-order valence-electron chi connectivity index (χ1n) is 15.4. The molecule has 0 radical (unpaired) electrons. The number of rotatable bonds is 7. The predicted octanol–water partition coefficient (Wildman–Crippen LogP) is 9.70. The zero-order valence-electron chi connectivity index (χ0n) is 29.1. The van der Waals surface area contributed by atoms with E-state index in [9.17, 15) is 0 Å². The zero-order chi connectivity index (χ0) is 32.1. The van der Waals surface area contributed by atoms with Gasteiger partial charge in [-0.2, -0.15) is 0 Å². The van der Waals surface area contributed by atoms with Crippen LogP contribution in [0.1, 0.15) is 83.5 Å². The second kappa shape index (κ2) is 11.9. The molecule has 4 aromatic carbocycles. The van der Waals surface area contributed by atoms with E-state index in [2.05, 4.69) is 128 Å². The second-order valence-corrected chi connectivity index (χ2v) is 14.9. The summed E-state index contributed by atoms with van der Waals surface area (Å²) in [5, 5.41) is 0.925. The van der Waals surface area contributed by atoms with Gasteiger partial charge < -0.3 is 13.3 Å². The Morgan fingerprint density at radius 3 is 0.744 bits per heavy atom. The molecule has 0 aliphatic rings. The Balaban J connectivity index is 2.14. The maximum atomic E-state index is 7.41. The molecular formula is C39H50O3Si. The molecule has 0 aliphatic carbocycles. The maximum Gasteiger partial charge on any atom is 0.737 e. The molecule has 0 heterocycles. The highest BCUT2D eigenvalue weighted by atomic mass is 28.4. The average Bonchev–Trinajstić information content (AvgIpc) is 3.01. The smallest absolute Gasteiger partial charge is 0.479 e. The Kier molecular flexibility index (Phi) is 8.96. The fraction of sp³-hybridized carbons (Fsp3) is 0.385. The fourth-order valence-corrected chi connectivity index (χ4v) is 8.94. The minimum absolute atomic E-state index is 0.850. The van der Waals surface area contributed by atoms with Crippen molar-refractivity contribution >= 4 is 14.0 Å². The molecule has 0 bridgehead atoms. The van der Waals surface area contributed by atoms with Crippen molar-refractivity contribution < 1.29 is 13.3 Å². The quantitative estimate of drug-likeness (QED) is 0.199. The molecule has 228 valence electrons. The highest BCUT2D eigenvalue weighted by Gasteiger charge is 2.54. The molecule has 0 atom stereocenters. The Labute approximate surface area is 261 Å². The van der Waals surface area contributed by atoms with E-state index in [0.717, 1.165) is 55.8 Å². The van der Waals surface area contributed by atoms with Gasteiger partial charge in [0.05, 0.1) is 5.19 Å². The van der Waals surface area contributed by atoms with E-state index in [1.165, 1.54) is 50.1 Å². The van der Waals surface area contributed by atoms with Gasteiger partial charge in [-0.05, 0) is 187 Å². The van der Waals surface area contributed by atoms with Crippen molar-refractivity contribution in [3.05, 3.63) is 114 Å². The van der Waals surface area contributed by atoms with Crippen LogP contribution in [0.3, 0.4) is 0 Å². The molecule has 4 rings (SSSR count). The Morgan fingerprint density at radius 2 is 0.512 bits per heavy atom. The third-order valence-electron chi connectivity index (χ3n) is 10.6. The van der Waals surface area contributed by atoms with E-state index >= 15 is 0 Å². The molecule has 0 N–H and O–H groups in total. The van der Waals surface area contributed by atoms with Crippen LogP contribution < -0.4 is 18.5 Å². The topological polar surface area (TPSA) is 27.7 Å². The number of hydrogen-bond donors (Lipinski definition) is 0. The molecular weight excluding hydrogens is 545 g/mol. The minimum atomic E-state index is -3.77. The molecule has 43 heavy (non-hydrogen) atoms. The zero-order valence-corrected chi connectivity index (χ0v) is 30.1. The molecule has 0 aliphatic heterocycles. The lowest BCUT2D eigenvalue weighted by atomic mass is 9.94. The van der Waals surface area contributed by atoms with Crippen LogP contribution in [0.5, 0.6) is 17.2 Å². The van der Waals surface area contributed by atoms with Crippen LogP contribution in [0, 0.1) is 104 Å². The summed E-state index contributed by atoms with van der Waals surface area (Å²) in [5.74, 6) is 2.55.